The number of methoxy groups -OCH3 is 1. The smallest absolute Gasteiger partial charge is 0.219 e. The SMILES string of the molecule is CO[C@H]1CN(C(C)=O)CCO1. The molecule has 1 aliphatic rings. The fourth-order valence-corrected chi connectivity index (χ4v) is 1.05. The molecule has 1 saturated heterocycles. The van der Waals surface area contributed by atoms with Crippen molar-refractivity contribution >= 4 is 5.91 Å². The van der Waals surface area contributed by atoms with Gasteiger partial charge in [-0.3, -0.25) is 4.79 Å². The Hall–Kier alpha value is -0.610. The molecule has 0 aromatic heterocycles. The van der Waals surface area contributed by atoms with Gasteiger partial charge in [-0.05, 0) is 0 Å². The van der Waals surface area contributed by atoms with E-state index >= 15 is 0 Å². The van der Waals surface area contributed by atoms with E-state index < -0.39 is 0 Å². The first-order chi connectivity index (χ1) is 5.24. The number of ether oxygens (including phenoxy) is 2. The summed E-state index contributed by atoms with van der Waals surface area (Å²) < 4.78 is 10.1. The quantitative estimate of drug-likeness (QED) is 0.533. The van der Waals surface area contributed by atoms with Crippen LogP contribution in [-0.4, -0.2) is 43.9 Å². The van der Waals surface area contributed by atoms with Crippen molar-refractivity contribution in [1.82, 2.24) is 4.90 Å². The van der Waals surface area contributed by atoms with Crippen molar-refractivity contribution in [1.29, 1.82) is 0 Å². The zero-order chi connectivity index (χ0) is 8.27. The maximum atomic E-state index is 10.9. The van der Waals surface area contributed by atoms with E-state index in [0.29, 0.717) is 19.7 Å². The first-order valence-electron chi connectivity index (χ1n) is 3.64. The van der Waals surface area contributed by atoms with Crippen LogP contribution in [0.4, 0.5) is 0 Å². The molecule has 0 saturated carbocycles. The fourth-order valence-electron chi connectivity index (χ4n) is 1.05. The number of carbonyl (C=O) groups excluding carboxylic acids is 1. The van der Waals surface area contributed by atoms with Gasteiger partial charge in [0.05, 0.1) is 13.2 Å². The van der Waals surface area contributed by atoms with E-state index in [1.54, 1.807) is 18.9 Å². The number of nitrogens with zero attached hydrogens (tertiary/aromatic N) is 1. The minimum absolute atomic E-state index is 0.0790. The zero-order valence-electron chi connectivity index (χ0n) is 6.87. The van der Waals surface area contributed by atoms with Crippen LogP contribution in [0.15, 0.2) is 0 Å². The first kappa shape index (κ1) is 8.49. The maximum absolute atomic E-state index is 10.9. The highest BCUT2D eigenvalue weighted by molar-refractivity contribution is 5.73. The molecule has 11 heavy (non-hydrogen) atoms. The zero-order valence-corrected chi connectivity index (χ0v) is 6.87. The lowest BCUT2D eigenvalue weighted by atomic mass is 10.4. The van der Waals surface area contributed by atoms with Crippen molar-refractivity contribution in [3.05, 3.63) is 0 Å². The van der Waals surface area contributed by atoms with Gasteiger partial charge in [0.2, 0.25) is 5.91 Å². The van der Waals surface area contributed by atoms with Crippen LogP contribution in [0.3, 0.4) is 0 Å². The summed E-state index contributed by atoms with van der Waals surface area (Å²) in [6.45, 7) is 3.34. The number of rotatable bonds is 1. The molecule has 4 heteroatoms. The molecule has 1 aliphatic heterocycles. The molecule has 0 aromatic carbocycles. The number of hydrogen-bond acceptors (Lipinski definition) is 3. The first-order valence-corrected chi connectivity index (χ1v) is 3.64. The summed E-state index contributed by atoms with van der Waals surface area (Å²) in [5.74, 6) is 0.0790. The fraction of sp³-hybridized carbons (Fsp3) is 0.857. The second-order valence-corrected chi connectivity index (χ2v) is 2.50. The van der Waals surface area contributed by atoms with Gasteiger partial charge in [0.25, 0.3) is 0 Å². The average Bonchev–Trinajstić information content (AvgIpc) is 2.05. The Morgan fingerprint density at radius 3 is 3.00 bits per heavy atom. The lowest BCUT2D eigenvalue weighted by Crippen LogP contribution is -2.45. The van der Waals surface area contributed by atoms with E-state index in [1.807, 2.05) is 0 Å². The molecule has 0 spiro atoms. The second-order valence-electron chi connectivity index (χ2n) is 2.50. The van der Waals surface area contributed by atoms with Crippen LogP contribution < -0.4 is 0 Å². The Morgan fingerprint density at radius 2 is 2.45 bits per heavy atom. The molecule has 0 bridgehead atoms. The molecule has 1 atom stereocenters. The Balaban J connectivity index is 2.39. The third kappa shape index (κ3) is 2.17. The van der Waals surface area contributed by atoms with Gasteiger partial charge in [-0.1, -0.05) is 0 Å². The van der Waals surface area contributed by atoms with Gasteiger partial charge < -0.3 is 14.4 Å². The lowest BCUT2D eigenvalue weighted by molar-refractivity contribution is -0.173. The number of hydrogen-bond donors (Lipinski definition) is 0. The molecule has 1 heterocycles. The number of amides is 1. The lowest BCUT2D eigenvalue weighted by Gasteiger charge is -2.31. The predicted molar refractivity (Wildman–Crippen MR) is 39.0 cm³/mol. The van der Waals surface area contributed by atoms with Gasteiger partial charge in [-0.15, -0.1) is 0 Å². The molecule has 0 radical (unpaired) electrons. The van der Waals surface area contributed by atoms with Crippen molar-refractivity contribution in [3.8, 4) is 0 Å². The minimum Gasteiger partial charge on any atom is -0.354 e. The summed E-state index contributed by atoms with van der Waals surface area (Å²) in [5, 5.41) is 0. The number of morpholine rings is 1. The Labute approximate surface area is 66.1 Å². The van der Waals surface area contributed by atoms with Crippen molar-refractivity contribution in [2.24, 2.45) is 0 Å². The van der Waals surface area contributed by atoms with Crippen molar-refractivity contribution < 1.29 is 14.3 Å². The molecule has 1 amide bonds. The molecular formula is C7H13NO3. The van der Waals surface area contributed by atoms with Gasteiger partial charge in [0.15, 0.2) is 6.29 Å². The number of carbonyl (C=O) groups is 1. The topological polar surface area (TPSA) is 38.8 Å². The molecule has 4 nitrogen and oxygen atoms in total. The van der Waals surface area contributed by atoms with E-state index in [0.717, 1.165) is 0 Å². The molecule has 64 valence electrons. The van der Waals surface area contributed by atoms with Crippen molar-refractivity contribution in [3.63, 3.8) is 0 Å². The van der Waals surface area contributed by atoms with Crippen LogP contribution in [0.5, 0.6) is 0 Å². The van der Waals surface area contributed by atoms with E-state index in [1.165, 1.54) is 0 Å². The summed E-state index contributed by atoms with van der Waals surface area (Å²) in [6, 6.07) is 0. The van der Waals surface area contributed by atoms with Crippen LogP contribution >= 0.6 is 0 Å². The molecule has 0 aliphatic carbocycles. The highest BCUT2D eigenvalue weighted by Gasteiger charge is 2.20. The monoisotopic (exact) mass is 159 g/mol. The summed E-state index contributed by atoms with van der Waals surface area (Å²) in [6.07, 6.45) is -0.243. The molecule has 1 rings (SSSR count). The van der Waals surface area contributed by atoms with Gasteiger partial charge in [-0.2, -0.15) is 0 Å². The summed E-state index contributed by atoms with van der Waals surface area (Å²) in [4.78, 5) is 12.6. The molecule has 0 unspecified atom stereocenters. The predicted octanol–water partition coefficient (Wildman–Crippen LogP) is -0.162. The van der Waals surface area contributed by atoms with E-state index in [2.05, 4.69) is 0 Å². The van der Waals surface area contributed by atoms with E-state index in [4.69, 9.17) is 9.47 Å². The Bertz CT molecular complexity index is 149. The van der Waals surface area contributed by atoms with Crippen molar-refractivity contribution in [2.75, 3.05) is 26.8 Å². The average molecular weight is 159 g/mol. The third-order valence-corrected chi connectivity index (χ3v) is 1.74. The van der Waals surface area contributed by atoms with Crippen molar-refractivity contribution in [2.45, 2.75) is 13.2 Å². The highest BCUT2D eigenvalue weighted by Crippen LogP contribution is 2.04. The van der Waals surface area contributed by atoms with E-state index in [-0.39, 0.29) is 12.2 Å². The van der Waals surface area contributed by atoms with Gasteiger partial charge in [-0.25, -0.2) is 0 Å². The summed E-state index contributed by atoms with van der Waals surface area (Å²) in [5.41, 5.74) is 0. The van der Waals surface area contributed by atoms with Crippen LogP contribution in [0.25, 0.3) is 0 Å². The van der Waals surface area contributed by atoms with Gasteiger partial charge in [0.1, 0.15) is 0 Å². The summed E-state index contributed by atoms with van der Waals surface area (Å²) >= 11 is 0. The van der Waals surface area contributed by atoms with Crippen LogP contribution in [-0.2, 0) is 14.3 Å². The van der Waals surface area contributed by atoms with Gasteiger partial charge in [0, 0.05) is 20.6 Å². The molecule has 0 N–H and O–H groups in total. The maximum Gasteiger partial charge on any atom is 0.219 e. The molecular weight excluding hydrogens is 146 g/mol. The Morgan fingerprint density at radius 1 is 1.73 bits per heavy atom. The minimum atomic E-state index is -0.243. The second kappa shape index (κ2) is 3.69. The normalized spacial score (nSPS) is 25.3. The molecule has 0 aromatic rings. The summed E-state index contributed by atoms with van der Waals surface area (Å²) in [7, 11) is 1.58. The van der Waals surface area contributed by atoms with Crippen LogP contribution in [0.2, 0.25) is 0 Å². The van der Waals surface area contributed by atoms with Gasteiger partial charge >= 0.3 is 0 Å². The van der Waals surface area contributed by atoms with Crippen LogP contribution in [0, 0.1) is 0 Å². The van der Waals surface area contributed by atoms with E-state index in [9.17, 15) is 4.79 Å². The molecule has 1 fully saturated rings. The Kier molecular flexibility index (Phi) is 2.84. The van der Waals surface area contributed by atoms with Crippen LogP contribution in [0.1, 0.15) is 6.92 Å². The highest BCUT2D eigenvalue weighted by atomic mass is 16.7. The third-order valence-electron chi connectivity index (χ3n) is 1.74. The largest absolute Gasteiger partial charge is 0.354 e. The standard InChI is InChI=1S/C7H13NO3/c1-6(9)8-3-4-11-7(5-8)10-2/h7H,3-5H2,1-2H3/t7-/m1/s1.